The molecule has 1 unspecified atom stereocenters. The molecule has 1 aliphatic heterocycles. The van der Waals surface area contributed by atoms with Gasteiger partial charge in [0.15, 0.2) is 0 Å². The molecule has 2 rings (SSSR count). The standard InChI is InChI=1S/C13H13FN2O/c14-13-5-4-11(7-10(13)8-15)16-9-12-3-1-2-6-17-12/h2,4-7,12,16H,1,3,9H2. The molecule has 0 bridgehead atoms. The largest absolute Gasteiger partial charge is 0.497 e. The van der Waals surface area contributed by atoms with Crippen molar-refractivity contribution in [3.63, 3.8) is 0 Å². The smallest absolute Gasteiger partial charge is 0.141 e. The molecule has 0 radical (unpaired) electrons. The number of nitriles is 1. The summed E-state index contributed by atoms with van der Waals surface area (Å²) >= 11 is 0. The van der Waals surface area contributed by atoms with Crippen LogP contribution in [0.5, 0.6) is 0 Å². The van der Waals surface area contributed by atoms with E-state index in [4.69, 9.17) is 10.00 Å². The fourth-order valence-corrected chi connectivity index (χ4v) is 1.69. The van der Waals surface area contributed by atoms with Crippen LogP contribution in [0.1, 0.15) is 18.4 Å². The summed E-state index contributed by atoms with van der Waals surface area (Å²) < 4.78 is 18.5. The Kier molecular flexibility index (Phi) is 3.61. The summed E-state index contributed by atoms with van der Waals surface area (Å²) in [6, 6.07) is 6.24. The van der Waals surface area contributed by atoms with Gasteiger partial charge in [-0.2, -0.15) is 5.26 Å². The van der Waals surface area contributed by atoms with Crippen molar-refractivity contribution in [1.29, 1.82) is 5.26 Å². The number of halogens is 1. The minimum atomic E-state index is -0.491. The number of nitrogens with one attached hydrogen (secondary N) is 1. The van der Waals surface area contributed by atoms with Gasteiger partial charge in [0, 0.05) is 5.69 Å². The van der Waals surface area contributed by atoms with Crippen LogP contribution in [0.15, 0.2) is 30.5 Å². The summed E-state index contributed by atoms with van der Waals surface area (Å²) in [7, 11) is 0. The SMILES string of the molecule is N#Cc1cc(NCC2CCC=CO2)ccc1F. The van der Waals surface area contributed by atoms with Crippen LogP contribution >= 0.6 is 0 Å². The lowest BCUT2D eigenvalue weighted by Gasteiger charge is -2.20. The van der Waals surface area contributed by atoms with Crippen LogP contribution in [0.4, 0.5) is 10.1 Å². The maximum atomic E-state index is 13.1. The highest BCUT2D eigenvalue weighted by Crippen LogP contribution is 2.16. The first-order chi connectivity index (χ1) is 8.29. The Labute approximate surface area is 99.5 Å². The third-order valence-corrected chi connectivity index (χ3v) is 2.64. The average molecular weight is 232 g/mol. The van der Waals surface area contributed by atoms with E-state index in [1.165, 1.54) is 12.1 Å². The number of anilines is 1. The molecule has 0 saturated carbocycles. The quantitative estimate of drug-likeness (QED) is 0.871. The van der Waals surface area contributed by atoms with Crippen LogP contribution in [0, 0.1) is 17.1 Å². The van der Waals surface area contributed by atoms with Gasteiger partial charge in [0.25, 0.3) is 0 Å². The molecular weight excluding hydrogens is 219 g/mol. The lowest BCUT2D eigenvalue weighted by molar-refractivity contribution is 0.135. The number of allylic oxidation sites excluding steroid dienone is 1. The van der Waals surface area contributed by atoms with Crippen LogP contribution in [0.25, 0.3) is 0 Å². The van der Waals surface area contributed by atoms with E-state index in [-0.39, 0.29) is 11.7 Å². The van der Waals surface area contributed by atoms with Gasteiger partial charge >= 0.3 is 0 Å². The molecule has 1 N–H and O–H groups in total. The highest BCUT2D eigenvalue weighted by molar-refractivity contribution is 5.49. The van der Waals surface area contributed by atoms with Crippen LogP contribution in [0.2, 0.25) is 0 Å². The summed E-state index contributed by atoms with van der Waals surface area (Å²) in [5.41, 5.74) is 0.792. The first-order valence-electron chi connectivity index (χ1n) is 5.53. The second-order valence-electron chi connectivity index (χ2n) is 3.89. The Hall–Kier alpha value is -2.02. The van der Waals surface area contributed by atoms with Gasteiger partial charge in [-0.1, -0.05) is 0 Å². The molecule has 0 saturated heterocycles. The lowest BCUT2D eigenvalue weighted by Crippen LogP contribution is -2.23. The zero-order valence-electron chi connectivity index (χ0n) is 9.32. The molecule has 1 aromatic rings. The predicted molar refractivity (Wildman–Crippen MR) is 62.9 cm³/mol. The highest BCUT2D eigenvalue weighted by atomic mass is 19.1. The van der Waals surface area contributed by atoms with Crippen LogP contribution in [-0.2, 0) is 4.74 Å². The Balaban J connectivity index is 1.95. The van der Waals surface area contributed by atoms with Crippen molar-refractivity contribution in [2.24, 2.45) is 0 Å². The first kappa shape index (κ1) is 11.5. The van der Waals surface area contributed by atoms with E-state index in [0.717, 1.165) is 18.5 Å². The van der Waals surface area contributed by atoms with Gasteiger partial charge in [0.1, 0.15) is 18.0 Å². The van der Waals surface area contributed by atoms with Gasteiger partial charge in [-0.3, -0.25) is 0 Å². The van der Waals surface area contributed by atoms with Crippen LogP contribution in [-0.4, -0.2) is 12.6 Å². The minimum Gasteiger partial charge on any atom is -0.497 e. The molecule has 17 heavy (non-hydrogen) atoms. The summed E-state index contributed by atoms with van der Waals surface area (Å²) in [4.78, 5) is 0. The molecule has 0 amide bonds. The van der Waals surface area contributed by atoms with Gasteiger partial charge in [-0.25, -0.2) is 4.39 Å². The van der Waals surface area contributed by atoms with Gasteiger partial charge in [-0.15, -0.1) is 0 Å². The van der Waals surface area contributed by atoms with E-state index >= 15 is 0 Å². The van der Waals surface area contributed by atoms with Gasteiger partial charge < -0.3 is 10.1 Å². The summed E-state index contributed by atoms with van der Waals surface area (Å²) in [5.74, 6) is -0.491. The van der Waals surface area contributed by atoms with Crippen molar-refractivity contribution in [1.82, 2.24) is 0 Å². The number of nitrogens with zero attached hydrogens (tertiary/aromatic N) is 1. The monoisotopic (exact) mass is 232 g/mol. The lowest BCUT2D eigenvalue weighted by atomic mass is 10.1. The molecule has 1 aliphatic rings. The maximum Gasteiger partial charge on any atom is 0.141 e. The fraction of sp³-hybridized carbons (Fsp3) is 0.308. The van der Waals surface area contributed by atoms with Crippen molar-refractivity contribution < 1.29 is 9.13 Å². The highest BCUT2D eigenvalue weighted by Gasteiger charge is 2.10. The number of rotatable bonds is 3. The Morgan fingerprint density at radius 3 is 3.12 bits per heavy atom. The van der Waals surface area contributed by atoms with E-state index in [0.29, 0.717) is 6.54 Å². The van der Waals surface area contributed by atoms with Gasteiger partial charge in [-0.05, 0) is 37.1 Å². The second kappa shape index (κ2) is 5.35. The Morgan fingerprint density at radius 1 is 1.53 bits per heavy atom. The summed E-state index contributed by atoms with van der Waals surface area (Å²) in [5, 5.41) is 11.8. The number of hydrogen-bond acceptors (Lipinski definition) is 3. The van der Waals surface area contributed by atoms with E-state index in [9.17, 15) is 4.39 Å². The van der Waals surface area contributed by atoms with E-state index in [1.54, 1.807) is 12.3 Å². The van der Waals surface area contributed by atoms with E-state index in [1.807, 2.05) is 12.1 Å². The summed E-state index contributed by atoms with van der Waals surface area (Å²) in [6.45, 7) is 0.654. The van der Waals surface area contributed by atoms with Crippen LogP contribution < -0.4 is 5.32 Å². The van der Waals surface area contributed by atoms with Crippen molar-refractivity contribution in [3.8, 4) is 6.07 Å². The minimum absolute atomic E-state index is 0.0551. The van der Waals surface area contributed by atoms with Crippen LogP contribution in [0.3, 0.4) is 0 Å². The molecule has 4 heteroatoms. The summed E-state index contributed by atoms with van der Waals surface area (Å²) in [6.07, 6.45) is 5.81. The van der Waals surface area contributed by atoms with E-state index < -0.39 is 5.82 Å². The number of hydrogen-bond donors (Lipinski definition) is 1. The molecular formula is C13H13FN2O. The molecule has 0 aliphatic carbocycles. The van der Waals surface area contributed by atoms with Gasteiger partial charge in [0.05, 0.1) is 18.4 Å². The van der Waals surface area contributed by atoms with Crippen molar-refractivity contribution in [2.75, 3.05) is 11.9 Å². The van der Waals surface area contributed by atoms with Crippen molar-refractivity contribution >= 4 is 5.69 Å². The molecule has 1 aromatic carbocycles. The molecule has 3 nitrogen and oxygen atoms in total. The normalized spacial score (nSPS) is 18.2. The zero-order valence-corrected chi connectivity index (χ0v) is 9.32. The second-order valence-corrected chi connectivity index (χ2v) is 3.89. The zero-order chi connectivity index (χ0) is 12.1. The predicted octanol–water partition coefficient (Wildman–Crippen LogP) is 2.80. The number of ether oxygens (including phenoxy) is 1. The molecule has 0 aromatic heterocycles. The topological polar surface area (TPSA) is 45.0 Å². The molecule has 1 atom stereocenters. The average Bonchev–Trinajstić information content (AvgIpc) is 2.39. The molecule has 1 heterocycles. The third-order valence-electron chi connectivity index (χ3n) is 2.64. The maximum absolute atomic E-state index is 13.1. The van der Waals surface area contributed by atoms with Gasteiger partial charge in [0.2, 0.25) is 0 Å². The third kappa shape index (κ3) is 2.97. The first-order valence-corrected chi connectivity index (χ1v) is 5.53. The van der Waals surface area contributed by atoms with Crippen molar-refractivity contribution in [3.05, 3.63) is 41.9 Å². The fourth-order valence-electron chi connectivity index (χ4n) is 1.69. The molecule has 88 valence electrons. The van der Waals surface area contributed by atoms with E-state index in [2.05, 4.69) is 5.32 Å². The molecule has 0 spiro atoms. The molecule has 0 fully saturated rings. The Morgan fingerprint density at radius 2 is 2.41 bits per heavy atom. The van der Waals surface area contributed by atoms with Crippen molar-refractivity contribution in [2.45, 2.75) is 18.9 Å². The number of benzene rings is 1. The Bertz CT molecular complexity index is 465.